The summed E-state index contributed by atoms with van der Waals surface area (Å²) in [5, 5.41) is 6.91. The van der Waals surface area contributed by atoms with Gasteiger partial charge in [0.1, 0.15) is 0 Å². The predicted molar refractivity (Wildman–Crippen MR) is 141 cm³/mol. The van der Waals surface area contributed by atoms with Gasteiger partial charge in [-0.15, -0.1) is 0 Å². The number of para-hydroxylation sites is 2. The Morgan fingerprint density at radius 3 is 2.23 bits per heavy atom. The zero-order chi connectivity index (χ0) is 24.5. The van der Waals surface area contributed by atoms with E-state index in [1.807, 2.05) is 105 Å². The van der Waals surface area contributed by atoms with Gasteiger partial charge in [-0.3, -0.25) is 9.59 Å². The van der Waals surface area contributed by atoms with E-state index in [1.54, 1.807) is 0 Å². The molecule has 0 bridgehead atoms. The zero-order valence-corrected chi connectivity index (χ0v) is 20.2. The van der Waals surface area contributed by atoms with Crippen LogP contribution in [0.1, 0.15) is 29.7 Å². The van der Waals surface area contributed by atoms with E-state index in [2.05, 4.69) is 4.57 Å². The molecule has 1 saturated carbocycles. The number of aromatic nitrogens is 1. The molecule has 0 radical (unpaired) electrons. The maximum atomic E-state index is 14.3. The molecular weight excluding hydrogens is 436 g/mol. The molecule has 2 amide bonds. The van der Waals surface area contributed by atoms with Gasteiger partial charge in [0.2, 0.25) is 6.41 Å². The summed E-state index contributed by atoms with van der Waals surface area (Å²) in [4.78, 5) is 28.4. The maximum Gasteiger partial charge on any atom is 0.279 e. The maximum absolute atomic E-state index is 14.3. The second-order valence-corrected chi connectivity index (χ2v) is 9.01. The van der Waals surface area contributed by atoms with Crippen LogP contribution in [0.3, 0.4) is 0 Å². The Hall–Kier alpha value is -4.19. The summed E-state index contributed by atoms with van der Waals surface area (Å²) in [5.74, 6) is -0.211. The molecule has 4 aromatic rings. The van der Waals surface area contributed by atoms with E-state index >= 15 is 0 Å². The van der Waals surface area contributed by atoms with Crippen molar-refractivity contribution >= 4 is 40.3 Å². The summed E-state index contributed by atoms with van der Waals surface area (Å²) in [7, 11) is 1.98. The van der Waals surface area contributed by atoms with Crippen LogP contribution < -0.4 is 9.91 Å². The molecule has 0 saturated heterocycles. The molecule has 0 N–H and O–H groups in total. The molecule has 0 spiro atoms. The van der Waals surface area contributed by atoms with E-state index in [4.69, 9.17) is 5.10 Å². The second-order valence-electron chi connectivity index (χ2n) is 9.01. The van der Waals surface area contributed by atoms with Gasteiger partial charge in [-0.2, -0.15) is 5.10 Å². The Bertz CT molecular complexity index is 1420. The van der Waals surface area contributed by atoms with Gasteiger partial charge in [0.15, 0.2) is 5.71 Å². The van der Waals surface area contributed by atoms with Crippen molar-refractivity contribution in [3.05, 3.63) is 95.7 Å². The van der Waals surface area contributed by atoms with E-state index in [-0.39, 0.29) is 17.7 Å². The molecule has 35 heavy (non-hydrogen) atoms. The third kappa shape index (κ3) is 4.23. The van der Waals surface area contributed by atoms with Gasteiger partial charge in [-0.05, 0) is 57.0 Å². The van der Waals surface area contributed by atoms with Gasteiger partial charge >= 0.3 is 0 Å². The number of carbonyl (C=O) groups excluding carboxylic acids is 2. The fourth-order valence-electron chi connectivity index (χ4n) is 4.50. The van der Waals surface area contributed by atoms with Crippen LogP contribution in [0.5, 0.6) is 0 Å². The molecule has 0 unspecified atom stereocenters. The van der Waals surface area contributed by atoms with E-state index in [9.17, 15) is 9.59 Å². The van der Waals surface area contributed by atoms with Crippen LogP contribution in [-0.2, 0) is 16.6 Å². The lowest BCUT2D eigenvalue weighted by Crippen LogP contribution is -2.40. The highest BCUT2D eigenvalue weighted by molar-refractivity contribution is 6.51. The highest BCUT2D eigenvalue weighted by Crippen LogP contribution is 2.34. The van der Waals surface area contributed by atoms with Crippen molar-refractivity contribution in [1.29, 1.82) is 0 Å². The number of fused-ring (bicyclic) bond motifs is 1. The Morgan fingerprint density at radius 1 is 0.914 bits per heavy atom. The van der Waals surface area contributed by atoms with Crippen LogP contribution in [0.4, 0.5) is 11.4 Å². The number of rotatable bonds is 7. The average molecular weight is 465 g/mol. The molecular formula is C29H28N4O2. The molecule has 0 atom stereocenters. The fraction of sp³-hybridized carbons (Fsp3) is 0.207. The minimum absolute atomic E-state index is 0.120. The van der Waals surface area contributed by atoms with E-state index in [0.29, 0.717) is 12.1 Å². The SMILES string of the molecule is Cc1ccc(N(C=O)/N=C(/C(=O)N(c2ccccc2)C2CC2)c2c(C)n(C)c3ccccc23)cc1. The van der Waals surface area contributed by atoms with Crippen molar-refractivity contribution in [2.75, 3.05) is 9.91 Å². The van der Waals surface area contributed by atoms with Gasteiger partial charge in [0.05, 0.1) is 5.69 Å². The largest absolute Gasteiger partial charge is 0.347 e. The molecule has 1 fully saturated rings. The van der Waals surface area contributed by atoms with Crippen LogP contribution in [0.15, 0.2) is 84.0 Å². The molecule has 5 rings (SSSR count). The van der Waals surface area contributed by atoms with Crippen LogP contribution in [-0.4, -0.2) is 28.6 Å². The van der Waals surface area contributed by atoms with Crippen molar-refractivity contribution < 1.29 is 9.59 Å². The predicted octanol–water partition coefficient (Wildman–Crippen LogP) is 5.36. The molecule has 1 aliphatic carbocycles. The number of benzene rings is 3. The van der Waals surface area contributed by atoms with Crippen LogP contribution >= 0.6 is 0 Å². The standard InChI is InChI=1S/C29H28N4O2/c1-20-13-15-22(16-14-20)32(19-34)30-28(27-21(2)31(3)26-12-8-7-11-25(26)27)29(35)33(24-17-18-24)23-9-5-4-6-10-23/h4-16,19,24H,17-18H2,1-3H3/b30-28+. The smallest absolute Gasteiger partial charge is 0.279 e. The molecule has 6 nitrogen and oxygen atoms in total. The summed E-state index contributed by atoms with van der Waals surface area (Å²) in [6, 6.07) is 25.3. The summed E-state index contributed by atoms with van der Waals surface area (Å²) >= 11 is 0. The first-order valence-corrected chi connectivity index (χ1v) is 11.8. The van der Waals surface area contributed by atoms with Gasteiger partial charge in [-0.1, -0.05) is 54.1 Å². The Kier molecular flexibility index (Phi) is 5.95. The van der Waals surface area contributed by atoms with Crippen LogP contribution in [0.2, 0.25) is 0 Å². The first kappa shape index (κ1) is 22.6. The highest BCUT2D eigenvalue weighted by atomic mass is 16.2. The van der Waals surface area contributed by atoms with E-state index < -0.39 is 0 Å². The topological polar surface area (TPSA) is 57.9 Å². The molecule has 176 valence electrons. The molecule has 3 aromatic carbocycles. The summed E-state index contributed by atoms with van der Waals surface area (Å²) in [6.07, 6.45) is 2.54. The van der Waals surface area contributed by atoms with Crippen molar-refractivity contribution in [3.8, 4) is 0 Å². The zero-order valence-electron chi connectivity index (χ0n) is 20.2. The number of hydrogen-bond donors (Lipinski definition) is 0. The first-order valence-electron chi connectivity index (χ1n) is 11.8. The monoisotopic (exact) mass is 464 g/mol. The highest BCUT2D eigenvalue weighted by Gasteiger charge is 2.37. The summed E-state index contributed by atoms with van der Waals surface area (Å²) in [6.45, 7) is 3.97. The minimum atomic E-state index is -0.211. The average Bonchev–Trinajstić information content (AvgIpc) is 3.68. The van der Waals surface area contributed by atoms with E-state index in [1.165, 1.54) is 5.01 Å². The van der Waals surface area contributed by atoms with Gasteiger partial charge < -0.3 is 9.47 Å². The Morgan fingerprint density at radius 2 is 1.57 bits per heavy atom. The lowest BCUT2D eigenvalue weighted by Gasteiger charge is -2.24. The number of hydrogen-bond acceptors (Lipinski definition) is 3. The van der Waals surface area contributed by atoms with Crippen molar-refractivity contribution in [2.24, 2.45) is 12.1 Å². The molecule has 1 aliphatic rings. The Labute approximate surface area is 205 Å². The van der Waals surface area contributed by atoms with Crippen LogP contribution in [0, 0.1) is 13.8 Å². The van der Waals surface area contributed by atoms with Gasteiger partial charge in [0.25, 0.3) is 5.91 Å². The number of nitrogens with zero attached hydrogens (tertiary/aromatic N) is 4. The fourth-order valence-corrected chi connectivity index (χ4v) is 4.50. The van der Waals surface area contributed by atoms with Gasteiger partial charge in [-0.25, -0.2) is 5.01 Å². The summed E-state index contributed by atoms with van der Waals surface area (Å²) in [5.41, 5.74) is 5.43. The lowest BCUT2D eigenvalue weighted by atomic mass is 10.0. The van der Waals surface area contributed by atoms with Crippen molar-refractivity contribution in [3.63, 3.8) is 0 Å². The normalized spacial score (nSPS) is 13.6. The number of anilines is 2. The number of aryl methyl sites for hydroxylation is 2. The lowest BCUT2D eigenvalue weighted by molar-refractivity contribution is -0.112. The van der Waals surface area contributed by atoms with E-state index in [0.717, 1.165) is 46.3 Å². The Balaban J connectivity index is 1.72. The molecule has 6 heteroatoms. The molecule has 0 aliphatic heterocycles. The third-order valence-corrected chi connectivity index (χ3v) is 6.61. The first-order chi connectivity index (χ1) is 17.0. The van der Waals surface area contributed by atoms with Crippen molar-refractivity contribution in [1.82, 2.24) is 4.57 Å². The number of amides is 2. The number of carbonyl (C=O) groups is 2. The molecule has 1 aromatic heterocycles. The second kappa shape index (κ2) is 9.22. The summed E-state index contributed by atoms with van der Waals surface area (Å²) < 4.78 is 2.06. The minimum Gasteiger partial charge on any atom is -0.347 e. The molecule has 1 heterocycles. The van der Waals surface area contributed by atoms with Crippen molar-refractivity contribution in [2.45, 2.75) is 32.7 Å². The van der Waals surface area contributed by atoms with Gasteiger partial charge in [0, 0.05) is 40.9 Å². The van der Waals surface area contributed by atoms with Crippen LogP contribution in [0.25, 0.3) is 10.9 Å². The third-order valence-electron chi connectivity index (χ3n) is 6.61. The number of hydrazone groups is 1. The quantitative estimate of drug-likeness (QED) is 0.210.